The van der Waals surface area contributed by atoms with Gasteiger partial charge in [0.05, 0.1) is 7.11 Å². The van der Waals surface area contributed by atoms with Crippen molar-refractivity contribution in [3.8, 4) is 0 Å². The van der Waals surface area contributed by atoms with Crippen LogP contribution >= 0.6 is 11.6 Å². The van der Waals surface area contributed by atoms with E-state index in [9.17, 15) is 9.59 Å². The number of amides is 1. The Kier molecular flexibility index (Phi) is 5.59. The first kappa shape index (κ1) is 15.8. The van der Waals surface area contributed by atoms with Gasteiger partial charge >= 0.3 is 5.97 Å². The second kappa shape index (κ2) is 7.43. The number of hydrogen-bond acceptors (Lipinski definition) is 4. The smallest absolute Gasteiger partial charge is 0.328 e. The average molecular weight is 312 g/mol. The molecule has 1 amide bonds. The Morgan fingerprint density at radius 2 is 2.14 bits per heavy atom. The molecule has 0 aliphatic carbocycles. The summed E-state index contributed by atoms with van der Waals surface area (Å²) in [4.78, 5) is 23.9. The van der Waals surface area contributed by atoms with Crippen molar-refractivity contribution in [2.24, 2.45) is 0 Å². The monoisotopic (exact) mass is 311 g/mol. The molecule has 21 heavy (non-hydrogen) atoms. The first-order chi connectivity index (χ1) is 10.1. The van der Waals surface area contributed by atoms with E-state index in [4.69, 9.17) is 21.1 Å². The molecule has 2 rings (SSSR count). The minimum absolute atomic E-state index is 0.267. The summed E-state index contributed by atoms with van der Waals surface area (Å²) in [7, 11) is 1.30. The van der Waals surface area contributed by atoms with Gasteiger partial charge in [-0.1, -0.05) is 23.7 Å². The highest BCUT2D eigenvalue weighted by atomic mass is 35.5. The molecule has 6 heteroatoms. The first-order valence-corrected chi connectivity index (χ1v) is 7.22. The van der Waals surface area contributed by atoms with Crippen LogP contribution in [-0.4, -0.2) is 37.7 Å². The molecule has 0 unspecified atom stereocenters. The molecule has 1 aliphatic heterocycles. The molecule has 1 saturated heterocycles. The number of carbonyl (C=O) groups is 2. The van der Waals surface area contributed by atoms with Crippen LogP contribution in [0.15, 0.2) is 24.3 Å². The van der Waals surface area contributed by atoms with Gasteiger partial charge in [-0.2, -0.15) is 0 Å². The molecule has 1 aromatic rings. The highest BCUT2D eigenvalue weighted by Crippen LogP contribution is 2.14. The maximum atomic E-state index is 12.1. The zero-order valence-corrected chi connectivity index (χ0v) is 12.6. The fourth-order valence-corrected chi connectivity index (χ4v) is 2.37. The molecule has 0 bridgehead atoms. The number of halogens is 1. The predicted molar refractivity (Wildman–Crippen MR) is 78.1 cm³/mol. The Balaban J connectivity index is 2.01. The quantitative estimate of drug-likeness (QED) is 0.841. The predicted octanol–water partition coefficient (Wildman–Crippen LogP) is 1.72. The highest BCUT2D eigenvalue weighted by molar-refractivity contribution is 6.30. The number of benzene rings is 1. The molecule has 0 radical (unpaired) electrons. The zero-order chi connectivity index (χ0) is 15.2. The van der Waals surface area contributed by atoms with E-state index < -0.39 is 18.1 Å². The molecule has 2 atom stereocenters. The van der Waals surface area contributed by atoms with Crippen molar-refractivity contribution in [3.63, 3.8) is 0 Å². The lowest BCUT2D eigenvalue weighted by Crippen LogP contribution is -2.47. The SMILES string of the molecule is COC(=O)[C@@H](Cc1ccc(Cl)cc1)NC(=O)[C@H]1CCCO1. The maximum absolute atomic E-state index is 12.1. The Labute approximate surface area is 128 Å². The summed E-state index contributed by atoms with van der Waals surface area (Å²) in [5.41, 5.74) is 0.891. The van der Waals surface area contributed by atoms with E-state index >= 15 is 0 Å². The van der Waals surface area contributed by atoms with Crippen molar-refractivity contribution < 1.29 is 19.1 Å². The van der Waals surface area contributed by atoms with Crippen LogP contribution in [0.5, 0.6) is 0 Å². The lowest BCUT2D eigenvalue weighted by Gasteiger charge is -2.18. The lowest BCUT2D eigenvalue weighted by molar-refractivity contribution is -0.146. The Morgan fingerprint density at radius 3 is 2.71 bits per heavy atom. The Hall–Kier alpha value is -1.59. The van der Waals surface area contributed by atoms with Crippen LogP contribution < -0.4 is 5.32 Å². The molecule has 114 valence electrons. The highest BCUT2D eigenvalue weighted by Gasteiger charge is 2.28. The summed E-state index contributed by atoms with van der Waals surface area (Å²) in [6, 6.07) is 6.39. The van der Waals surface area contributed by atoms with Crippen LogP contribution in [0.1, 0.15) is 18.4 Å². The number of carbonyl (C=O) groups excluding carboxylic acids is 2. The summed E-state index contributed by atoms with van der Waals surface area (Å²) in [5, 5.41) is 3.32. The zero-order valence-electron chi connectivity index (χ0n) is 11.8. The van der Waals surface area contributed by atoms with Gasteiger partial charge in [0, 0.05) is 18.1 Å². The van der Waals surface area contributed by atoms with Gasteiger partial charge in [0.1, 0.15) is 12.1 Å². The molecule has 0 saturated carbocycles. The van der Waals surface area contributed by atoms with E-state index in [1.807, 2.05) is 12.1 Å². The van der Waals surface area contributed by atoms with Crippen LogP contribution in [0.25, 0.3) is 0 Å². The van der Waals surface area contributed by atoms with E-state index in [-0.39, 0.29) is 5.91 Å². The van der Waals surface area contributed by atoms with Crippen molar-refractivity contribution in [2.45, 2.75) is 31.4 Å². The van der Waals surface area contributed by atoms with Crippen molar-refractivity contribution in [3.05, 3.63) is 34.9 Å². The fraction of sp³-hybridized carbons (Fsp3) is 0.467. The summed E-state index contributed by atoms with van der Waals surface area (Å²) < 4.78 is 10.1. The third-order valence-corrected chi connectivity index (χ3v) is 3.63. The summed E-state index contributed by atoms with van der Waals surface area (Å²) in [6.45, 7) is 0.582. The summed E-state index contributed by atoms with van der Waals surface area (Å²) in [6.07, 6.45) is 1.42. The molecule has 0 spiro atoms. The van der Waals surface area contributed by atoms with Crippen molar-refractivity contribution in [2.75, 3.05) is 13.7 Å². The number of hydrogen-bond donors (Lipinski definition) is 1. The number of nitrogens with one attached hydrogen (secondary N) is 1. The van der Waals surface area contributed by atoms with E-state index in [1.54, 1.807) is 12.1 Å². The largest absolute Gasteiger partial charge is 0.467 e. The van der Waals surface area contributed by atoms with Gasteiger partial charge in [-0.15, -0.1) is 0 Å². The molecular formula is C15H18ClNO4. The standard InChI is InChI=1S/C15H18ClNO4/c1-20-15(19)12(9-10-4-6-11(16)7-5-10)17-14(18)13-3-2-8-21-13/h4-7,12-13H,2-3,8-9H2,1H3,(H,17,18)/t12-,13-/m1/s1. The van der Waals surface area contributed by atoms with Crippen molar-refractivity contribution in [1.29, 1.82) is 0 Å². The van der Waals surface area contributed by atoms with Gasteiger partial charge in [-0.3, -0.25) is 4.79 Å². The molecule has 1 aliphatic rings. The third-order valence-electron chi connectivity index (χ3n) is 3.38. The number of esters is 1. The Bertz CT molecular complexity index is 497. The van der Waals surface area contributed by atoms with Crippen LogP contribution in [0.3, 0.4) is 0 Å². The van der Waals surface area contributed by atoms with Gasteiger partial charge in [0.15, 0.2) is 0 Å². The Morgan fingerprint density at radius 1 is 1.43 bits per heavy atom. The average Bonchev–Trinajstić information content (AvgIpc) is 3.02. The minimum Gasteiger partial charge on any atom is -0.467 e. The topological polar surface area (TPSA) is 64.6 Å². The number of ether oxygens (including phenoxy) is 2. The molecular weight excluding hydrogens is 294 g/mol. The van der Waals surface area contributed by atoms with E-state index in [1.165, 1.54) is 7.11 Å². The van der Waals surface area contributed by atoms with Gasteiger partial charge in [-0.25, -0.2) is 4.79 Å². The molecule has 1 heterocycles. The molecule has 1 fully saturated rings. The van der Waals surface area contributed by atoms with Gasteiger partial charge < -0.3 is 14.8 Å². The minimum atomic E-state index is -0.729. The van der Waals surface area contributed by atoms with Gasteiger partial charge in [-0.05, 0) is 30.5 Å². The maximum Gasteiger partial charge on any atom is 0.328 e. The molecule has 1 aromatic carbocycles. The fourth-order valence-electron chi connectivity index (χ4n) is 2.24. The number of rotatable bonds is 5. The molecule has 5 nitrogen and oxygen atoms in total. The summed E-state index contributed by atoms with van der Waals surface area (Å²) in [5.74, 6) is -0.742. The molecule has 0 aromatic heterocycles. The first-order valence-electron chi connectivity index (χ1n) is 6.84. The summed E-state index contributed by atoms with van der Waals surface area (Å²) >= 11 is 5.83. The molecule has 1 N–H and O–H groups in total. The van der Waals surface area contributed by atoms with Crippen LogP contribution in [0.4, 0.5) is 0 Å². The lowest BCUT2D eigenvalue weighted by atomic mass is 10.1. The second-order valence-electron chi connectivity index (χ2n) is 4.92. The van der Waals surface area contributed by atoms with Crippen LogP contribution in [-0.2, 0) is 25.5 Å². The van der Waals surface area contributed by atoms with E-state index in [2.05, 4.69) is 5.32 Å². The van der Waals surface area contributed by atoms with Crippen LogP contribution in [0, 0.1) is 0 Å². The van der Waals surface area contributed by atoms with Crippen molar-refractivity contribution in [1.82, 2.24) is 5.32 Å². The number of methoxy groups -OCH3 is 1. The second-order valence-corrected chi connectivity index (χ2v) is 5.35. The van der Waals surface area contributed by atoms with Gasteiger partial charge in [0.25, 0.3) is 0 Å². The van der Waals surface area contributed by atoms with E-state index in [0.29, 0.717) is 24.5 Å². The van der Waals surface area contributed by atoms with Gasteiger partial charge in [0.2, 0.25) is 5.91 Å². The van der Waals surface area contributed by atoms with Crippen LogP contribution in [0.2, 0.25) is 5.02 Å². The normalized spacial score (nSPS) is 19.0. The van der Waals surface area contributed by atoms with Crippen molar-refractivity contribution >= 4 is 23.5 Å². The van der Waals surface area contributed by atoms with E-state index in [0.717, 1.165) is 12.0 Å². The third kappa shape index (κ3) is 4.44.